The third-order valence-electron chi connectivity index (χ3n) is 3.01. The van der Waals surface area contributed by atoms with Crippen LogP contribution in [0.5, 0.6) is 0 Å². The average Bonchev–Trinajstić information content (AvgIpc) is 3.21. The van der Waals surface area contributed by atoms with Crippen molar-refractivity contribution in [2.24, 2.45) is 0 Å². The number of carbonyl (C=O) groups excluding carboxylic acids is 2. The van der Waals surface area contributed by atoms with Gasteiger partial charge in [-0.05, 0) is 37.1 Å². The molecule has 1 aromatic carbocycles. The SMILES string of the molecule is CC(C)NCC(=O)Nc1ccc(C(=O)NC2CC2)cc1. The second-order valence-electron chi connectivity index (χ2n) is 5.41. The molecule has 0 unspecified atom stereocenters. The monoisotopic (exact) mass is 275 g/mol. The molecule has 2 rings (SSSR count). The van der Waals surface area contributed by atoms with Gasteiger partial charge in [-0.3, -0.25) is 9.59 Å². The quantitative estimate of drug-likeness (QED) is 0.737. The topological polar surface area (TPSA) is 70.2 Å². The molecule has 1 fully saturated rings. The van der Waals surface area contributed by atoms with Crippen molar-refractivity contribution in [2.45, 2.75) is 38.8 Å². The van der Waals surface area contributed by atoms with Crippen LogP contribution in [0, 0.1) is 0 Å². The molecule has 0 atom stereocenters. The second kappa shape index (κ2) is 6.52. The molecule has 0 heterocycles. The van der Waals surface area contributed by atoms with Crippen LogP contribution in [0.15, 0.2) is 24.3 Å². The molecule has 2 amide bonds. The molecule has 1 saturated carbocycles. The van der Waals surface area contributed by atoms with Gasteiger partial charge in [0.15, 0.2) is 0 Å². The van der Waals surface area contributed by atoms with Crippen molar-refractivity contribution in [1.82, 2.24) is 10.6 Å². The van der Waals surface area contributed by atoms with Crippen LogP contribution in [0.1, 0.15) is 37.0 Å². The van der Waals surface area contributed by atoms with Crippen LogP contribution in [0.2, 0.25) is 0 Å². The lowest BCUT2D eigenvalue weighted by molar-refractivity contribution is -0.115. The van der Waals surface area contributed by atoms with E-state index in [2.05, 4.69) is 16.0 Å². The summed E-state index contributed by atoms with van der Waals surface area (Å²) in [5, 5.41) is 8.76. The third kappa shape index (κ3) is 4.66. The lowest BCUT2D eigenvalue weighted by atomic mass is 10.2. The van der Waals surface area contributed by atoms with E-state index in [-0.39, 0.29) is 24.4 Å². The fourth-order valence-electron chi connectivity index (χ4n) is 1.70. The molecule has 0 aliphatic heterocycles. The zero-order chi connectivity index (χ0) is 14.5. The van der Waals surface area contributed by atoms with Crippen molar-refractivity contribution in [1.29, 1.82) is 0 Å². The average molecular weight is 275 g/mol. The summed E-state index contributed by atoms with van der Waals surface area (Å²) in [6.07, 6.45) is 2.14. The Morgan fingerprint density at radius 2 is 1.85 bits per heavy atom. The molecular weight excluding hydrogens is 254 g/mol. The minimum absolute atomic E-state index is 0.0492. The summed E-state index contributed by atoms with van der Waals surface area (Å²) >= 11 is 0. The van der Waals surface area contributed by atoms with Gasteiger partial charge in [0.25, 0.3) is 5.91 Å². The first-order valence-corrected chi connectivity index (χ1v) is 6.99. The first-order chi connectivity index (χ1) is 9.54. The number of nitrogens with one attached hydrogen (secondary N) is 3. The minimum atomic E-state index is -0.0890. The molecule has 0 aromatic heterocycles. The van der Waals surface area contributed by atoms with Crippen LogP contribution in [0.3, 0.4) is 0 Å². The summed E-state index contributed by atoms with van der Waals surface area (Å²) in [6, 6.07) is 7.56. The van der Waals surface area contributed by atoms with Crippen LogP contribution in [0.4, 0.5) is 5.69 Å². The zero-order valence-corrected chi connectivity index (χ0v) is 11.9. The van der Waals surface area contributed by atoms with Gasteiger partial charge in [0.1, 0.15) is 0 Å². The summed E-state index contributed by atoms with van der Waals surface area (Å²) in [5.41, 5.74) is 1.32. The predicted molar refractivity (Wildman–Crippen MR) is 78.7 cm³/mol. The van der Waals surface area contributed by atoms with E-state index < -0.39 is 0 Å². The van der Waals surface area contributed by atoms with Gasteiger partial charge >= 0.3 is 0 Å². The van der Waals surface area contributed by atoms with E-state index in [4.69, 9.17) is 0 Å². The minimum Gasteiger partial charge on any atom is -0.349 e. The maximum atomic E-state index is 11.8. The summed E-state index contributed by atoms with van der Waals surface area (Å²) in [6.45, 7) is 4.25. The zero-order valence-electron chi connectivity index (χ0n) is 11.9. The highest BCUT2D eigenvalue weighted by Gasteiger charge is 2.23. The summed E-state index contributed by atoms with van der Waals surface area (Å²) in [5.74, 6) is -0.138. The van der Waals surface area contributed by atoms with E-state index in [0.717, 1.165) is 12.8 Å². The van der Waals surface area contributed by atoms with E-state index >= 15 is 0 Å². The van der Waals surface area contributed by atoms with E-state index in [0.29, 0.717) is 17.3 Å². The Labute approximate surface area is 119 Å². The first kappa shape index (κ1) is 14.5. The van der Waals surface area contributed by atoms with Crippen molar-refractivity contribution >= 4 is 17.5 Å². The second-order valence-corrected chi connectivity index (χ2v) is 5.41. The predicted octanol–water partition coefficient (Wildman–Crippen LogP) is 1.52. The molecule has 3 N–H and O–H groups in total. The molecule has 0 spiro atoms. The van der Waals surface area contributed by atoms with Gasteiger partial charge in [-0.15, -0.1) is 0 Å². The highest BCUT2D eigenvalue weighted by Crippen LogP contribution is 2.19. The molecule has 1 aromatic rings. The molecule has 1 aliphatic rings. The van der Waals surface area contributed by atoms with Gasteiger partial charge in [0, 0.05) is 23.3 Å². The van der Waals surface area contributed by atoms with Crippen molar-refractivity contribution in [3.63, 3.8) is 0 Å². The summed E-state index contributed by atoms with van der Waals surface area (Å²) in [4.78, 5) is 23.4. The van der Waals surface area contributed by atoms with Crippen LogP contribution in [0.25, 0.3) is 0 Å². The van der Waals surface area contributed by atoms with E-state index in [1.165, 1.54) is 0 Å². The molecular formula is C15H21N3O2. The van der Waals surface area contributed by atoms with Gasteiger partial charge in [0.05, 0.1) is 6.54 Å². The molecule has 20 heavy (non-hydrogen) atoms. The fraction of sp³-hybridized carbons (Fsp3) is 0.467. The lowest BCUT2D eigenvalue weighted by Crippen LogP contribution is -2.32. The van der Waals surface area contributed by atoms with Crippen LogP contribution in [-0.4, -0.2) is 30.4 Å². The molecule has 108 valence electrons. The number of rotatable bonds is 6. The molecule has 5 nitrogen and oxygen atoms in total. The fourth-order valence-corrected chi connectivity index (χ4v) is 1.70. The van der Waals surface area contributed by atoms with Gasteiger partial charge in [0.2, 0.25) is 5.91 Å². The van der Waals surface area contributed by atoms with E-state index in [1.807, 2.05) is 13.8 Å². The molecule has 0 saturated heterocycles. The number of benzene rings is 1. The normalized spacial score (nSPS) is 14.2. The Morgan fingerprint density at radius 1 is 1.20 bits per heavy atom. The van der Waals surface area contributed by atoms with Crippen LogP contribution < -0.4 is 16.0 Å². The lowest BCUT2D eigenvalue weighted by Gasteiger charge is -2.09. The highest BCUT2D eigenvalue weighted by atomic mass is 16.2. The Hall–Kier alpha value is -1.88. The maximum Gasteiger partial charge on any atom is 0.251 e. The summed E-state index contributed by atoms with van der Waals surface area (Å²) < 4.78 is 0. The maximum absolute atomic E-state index is 11.8. The van der Waals surface area contributed by atoms with E-state index in [1.54, 1.807) is 24.3 Å². The number of carbonyl (C=O) groups is 2. The number of amides is 2. The smallest absolute Gasteiger partial charge is 0.251 e. The van der Waals surface area contributed by atoms with Crippen molar-refractivity contribution in [2.75, 3.05) is 11.9 Å². The largest absolute Gasteiger partial charge is 0.349 e. The molecule has 0 radical (unpaired) electrons. The number of anilines is 1. The van der Waals surface area contributed by atoms with E-state index in [9.17, 15) is 9.59 Å². The Kier molecular flexibility index (Phi) is 4.74. The van der Waals surface area contributed by atoms with Crippen LogP contribution in [-0.2, 0) is 4.79 Å². The van der Waals surface area contributed by atoms with Crippen molar-refractivity contribution < 1.29 is 9.59 Å². The Morgan fingerprint density at radius 3 is 2.40 bits per heavy atom. The molecule has 5 heteroatoms. The number of hydrogen-bond donors (Lipinski definition) is 3. The van der Waals surface area contributed by atoms with Crippen molar-refractivity contribution in [3.05, 3.63) is 29.8 Å². The Bertz CT molecular complexity index is 478. The molecule has 0 bridgehead atoms. The number of hydrogen-bond acceptors (Lipinski definition) is 3. The molecule has 1 aliphatic carbocycles. The van der Waals surface area contributed by atoms with Gasteiger partial charge in [-0.2, -0.15) is 0 Å². The third-order valence-corrected chi connectivity index (χ3v) is 3.01. The highest BCUT2D eigenvalue weighted by molar-refractivity contribution is 5.96. The summed E-state index contributed by atoms with van der Waals surface area (Å²) in [7, 11) is 0. The van der Waals surface area contributed by atoms with Gasteiger partial charge < -0.3 is 16.0 Å². The van der Waals surface area contributed by atoms with Crippen LogP contribution >= 0.6 is 0 Å². The van der Waals surface area contributed by atoms with Gasteiger partial charge in [-0.25, -0.2) is 0 Å². The van der Waals surface area contributed by atoms with Gasteiger partial charge in [-0.1, -0.05) is 13.8 Å². The first-order valence-electron chi connectivity index (χ1n) is 6.99. The Balaban J connectivity index is 1.84. The van der Waals surface area contributed by atoms with Crippen molar-refractivity contribution in [3.8, 4) is 0 Å². The standard InChI is InChI=1S/C15H21N3O2/c1-10(2)16-9-14(19)17-12-5-3-11(4-6-12)15(20)18-13-7-8-13/h3-6,10,13,16H,7-9H2,1-2H3,(H,17,19)(H,18,20).